The molecule has 0 aliphatic carbocycles. The van der Waals surface area contributed by atoms with Crippen molar-refractivity contribution in [2.75, 3.05) is 20.8 Å². The molecule has 25 heavy (non-hydrogen) atoms. The maximum atomic E-state index is 13.5. The average molecular weight is 382 g/mol. The van der Waals surface area contributed by atoms with Crippen LogP contribution in [0.1, 0.15) is 18.0 Å². The molecule has 3 unspecified atom stereocenters. The lowest BCUT2D eigenvalue weighted by atomic mass is 10.0. The first-order valence-electron chi connectivity index (χ1n) is 7.99. The number of hydrogen-bond acceptors (Lipinski definition) is 4. The molecule has 1 saturated heterocycles. The van der Waals surface area contributed by atoms with Gasteiger partial charge in [0.15, 0.2) is 0 Å². The first-order chi connectivity index (χ1) is 12.0. The van der Waals surface area contributed by atoms with E-state index in [4.69, 9.17) is 25.6 Å². The fourth-order valence-electron chi connectivity index (χ4n) is 2.81. The lowest BCUT2D eigenvalue weighted by Crippen LogP contribution is -2.24. The molecule has 1 aliphatic rings. The highest BCUT2D eigenvalue weighted by atomic mass is 35.5. The Hall–Kier alpha value is -1.36. The predicted octanol–water partition coefficient (Wildman–Crippen LogP) is 3.93. The van der Waals surface area contributed by atoms with Crippen molar-refractivity contribution in [2.24, 2.45) is 0 Å². The molecule has 0 amide bonds. The van der Waals surface area contributed by atoms with Crippen molar-refractivity contribution in [3.05, 3.63) is 59.1 Å². The summed E-state index contributed by atoms with van der Waals surface area (Å²) < 4.78 is 29.9. The van der Waals surface area contributed by atoms with Gasteiger partial charge < -0.3 is 14.0 Å². The van der Waals surface area contributed by atoms with E-state index in [9.17, 15) is 4.57 Å². The zero-order valence-corrected chi connectivity index (χ0v) is 15.8. The monoisotopic (exact) mass is 381 g/mol. The van der Waals surface area contributed by atoms with Crippen LogP contribution < -0.4 is 15.1 Å². The van der Waals surface area contributed by atoms with Crippen molar-refractivity contribution in [1.29, 1.82) is 0 Å². The van der Waals surface area contributed by atoms with E-state index in [0.717, 1.165) is 5.56 Å². The second-order valence-corrected chi connectivity index (χ2v) is 8.44. The number of ether oxygens (including phenoxy) is 2. The second-order valence-electron chi connectivity index (χ2n) is 5.87. The number of rotatable bonds is 4. The van der Waals surface area contributed by atoms with E-state index >= 15 is 0 Å². The van der Waals surface area contributed by atoms with Gasteiger partial charge in [-0.15, -0.1) is 0 Å². The van der Waals surface area contributed by atoms with E-state index in [1.807, 2.05) is 24.3 Å². The Morgan fingerprint density at radius 2 is 1.80 bits per heavy atom. The number of benzene rings is 2. The third kappa shape index (κ3) is 4.25. The minimum atomic E-state index is -3.24. The molecule has 134 valence electrons. The van der Waals surface area contributed by atoms with Crippen LogP contribution in [-0.4, -0.2) is 26.9 Å². The maximum absolute atomic E-state index is 13.5. The molecule has 1 fully saturated rings. The lowest BCUT2D eigenvalue weighted by Gasteiger charge is -2.23. The number of halogens is 1. The van der Waals surface area contributed by atoms with Gasteiger partial charge in [-0.2, -0.15) is 0 Å². The van der Waals surface area contributed by atoms with Crippen molar-refractivity contribution in [2.45, 2.75) is 18.6 Å². The van der Waals surface area contributed by atoms with Gasteiger partial charge in [-0.1, -0.05) is 23.7 Å². The van der Waals surface area contributed by atoms with E-state index in [1.54, 1.807) is 38.5 Å². The minimum Gasteiger partial charge on any atom is -0.497 e. The zero-order chi connectivity index (χ0) is 17.9. The van der Waals surface area contributed by atoms with Crippen LogP contribution in [0, 0.1) is 0 Å². The summed E-state index contributed by atoms with van der Waals surface area (Å²) in [5, 5.41) is 4.48. The Kier molecular flexibility index (Phi) is 5.82. The van der Waals surface area contributed by atoms with E-state index in [-0.39, 0.29) is 18.8 Å². The smallest absolute Gasteiger partial charge is 0.300 e. The van der Waals surface area contributed by atoms with Gasteiger partial charge in [-0.25, -0.2) is 5.09 Å². The summed E-state index contributed by atoms with van der Waals surface area (Å²) in [6.45, 7) is 0.261. The van der Waals surface area contributed by atoms with Crippen LogP contribution in [0.15, 0.2) is 48.5 Å². The summed E-state index contributed by atoms with van der Waals surface area (Å²) in [4.78, 5) is 0. The maximum Gasteiger partial charge on any atom is 0.300 e. The summed E-state index contributed by atoms with van der Waals surface area (Å²) in [5.41, 5.74) is 0.991. The molecule has 5 nitrogen and oxygen atoms in total. The molecule has 1 heterocycles. The van der Waals surface area contributed by atoms with Gasteiger partial charge in [0, 0.05) is 18.2 Å². The molecule has 0 saturated carbocycles. The van der Waals surface area contributed by atoms with Crippen molar-refractivity contribution in [3.63, 3.8) is 0 Å². The first kappa shape index (κ1) is 18.4. The number of nitrogens with one attached hydrogen (secondary N) is 1. The fraction of sp³-hybridized carbons (Fsp3) is 0.333. The normalized spacial score (nSPS) is 26.8. The molecule has 3 rings (SSSR count). The molecule has 3 atom stereocenters. The molecule has 0 aromatic heterocycles. The topological polar surface area (TPSA) is 56.8 Å². The largest absolute Gasteiger partial charge is 0.497 e. The number of methoxy groups -OCH3 is 2. The van der Waals surface area contributed by atoms with Crippen molar-refractivity contribution in [1.82, 2.24) is 5.09 Å². The molecule has 0 bridgehead atoms. The van der Waals surface area contributed by atoms with Gasteiger partial charge in [0.1, 0.15) is 5.75 Å². The molecule has 7 heteroatoms. The Labute approximate surface area is 152 Å². The highest BCUT2D eigenvalue weighted by Gasteiger charge is 2.35. The fourth-order valence-corrected chi connectivity index (χ4v) is 4.89. The minimum absolute atomic E-state index is 0.151. The molecular formula is C18H21ClNO4P. The van der Waals surface area contributed by atoms with Gasteiger partial charge in [0.25, 0.3) is 7.52 Å². The summed E-state index contributed by atoms with van der Waals surface area (Å²) in [5.74, 6) is 0.703. The Balaban J connectivity index is 1.93. The lowest BCUT2D eigenvalue weighted by molar-refractivity contribution is 0.0552. The van der Waals surface area contributed by atoms with Crippen molar-refractivity contribution < 1.29 is 18.6 Å². The third-order valence-electron chi connectivity index (χ3n) is 4.28. The van der Waals surface area contributed by atoms with Crippen LogP contribution >= 0.6 is 19.1 Å². The quantitative estimate of drug-likeness (QED) is 0.813. The summed E-state index contributed by atoms with van der Waals surface area (Å²) in [6, 6.07) is 14.4. The summed E-state index contributed by atoms with van der Waals surface area (Å²) in [6.07, 6.45) is 0.500. The Morgan fingerprint density at radius 1 is 1.12 bits per heavy atom. The highest BCUT2D eigenvalue weighted by Crippen LogP contribution is 2.47. The average Bonchev–Trinajstić information content (AvgIpc) is 2.82. The van der Waals surface area contributed by atoms with Gasteiger partial charge in [0.05, 0.1) is 25.1 Å². The zero-order valence-electron chi connectivity index (χ0n) is 14.1. The van der Waals surface area contributed by atoms with Crippen LogP contribution in [0.4, 0.5) is 0 Å². The van der Waals surface area contributed by atoms with Gasteiger partial charge >= 0.3 is 0 Å². The molecule has 2 aromatic rings. The Bertz CT molecular complexity index is 751. The SMILES string of the molecule is COc1ccc(P2(=O)NC(c3ccc(Cl)cc3)CC(OC)CO2)cc1. The van der Waals surface area contributed by atoms with E-state index in [2.05, 4.69) is 5.09 Å². The molecule has 0 spiro atoms. The van der Waals surface area contributed by atoms with E-state index in [1.165, 1.54) is 0 Å². The molecule has 0 radical (unpaired) electrons. The Morgan fingerprint density at radius 3 is 2.40 bits per heavy atom. The van der Waals surface area contributed by atoms with Crippen molar-refractivity contribution >= 4 is 24.4 Å². The predicted molar refractivity (Wildman–Crippen MR) is 98.9 cm³/mol. The molecule has 1 aliphatic heterocycles. The molecular weight excluding hydrogens is 361 g/mol. The van der Waals surface area contributed by atoms with Crippen LogP contribution in [0.5, 0.6) is 5.75 Å². The van der Waals surface area contributed by atoms with Crippen LogP contribution in [-0.2, 0) is 13.8 Å². The van der Waals surface area contributed by atoms with E-state index in [0.29, 0.717) is 22.5 Å². The van der Waals surface area contributed by atoms with Gasteiger partial charge in [-0.05, 0) is 48.4 Å². The van der Waals surface area contributed by atoms with E-state index < -0.39 is 7.52 Å². The standard InChI is InChI=1S/C18H21ClNO4P/c1-22-15-7-9-17(10-8-15)25(21)20-18(11-16(23-2)12-24-25)13-3-5-14(19)6-4-13/h3-10,16,18H,11-12H2,1-2H3,(H,20,21). The second kappa shape index (κ2) is 7.90. The highest BCUT2D eigenvalue weighted by molar-refractivity contribution is 7.65. The van der Waals surface area contributed by atoms with Crippen LogP contribution in [0.2, 0.25) is 5.02 Å². The van der Waals surface area contributed by atoms with Gasteiger partial charge in [0.2, 0.25) is 0 Å². The summed E-state index contributed by atoms with van der Waals surface area (Å²) >= 11 is 5.98. The van der Waals surface area contributed by atoms with Crippen LogP contribution in [0.25, 0.3) is 0 Å². The van der Waals surface area contributed by atoms with Crippen LogP contribution in [0.3, 0.4) is 0 Å². The molecule has 2 aromatic carbocycles. The third-order valence-corrected chi connectivity index (χ3v) is 6.68. The van der Waals surface area contributed by atoms with Crippen molar-refractivity contribution in [3.8, 4) is 5.75 Å². The molecule has 1 N–H and O–H groups in total. The first-order valence-corrected chi connectivity index (χ1v) is 9.99. The summed E-state index contributed by atoms with van der Waals surface area (Å²) in [7, 11) is -0.0121. The van der Waals surface area contributed by atoms with Gasteiger partial charge in [-0.3, -0.25) is 4.57 Å². The number of hydrogen-bond donors (Lipinski definition) is 1.